The largest absolute Gasteiger partial charge is 0.489 e. The van der Waals surface area contributed by atoms with Crippen LogP contribution in [0.25, 0.3) is 0 Å². The third kappa shape index (κ3) is 9.45. The number of hydrogen-bond donors (Lipinski definition) is 0. The number of likely N-dealkylation sites (tertiary alicyclic amines) is 1. The second-order valence-corrected chi connectivity index (χ2v) is 12.7. The number of ether oxygens (including phenoxy) is 2. The van der Waals surface area contributed by atoms with E-state index >= 15 is 0 Å². The first kappa shape index (κ1) is 30.3. The lowest BCUT2D eigenvalue weighted by Gasteiger charge is -2.32. The molecule has 2 aromatic carbocycles. The molecule has 0 atom stereocenters. The molecule has 1 fully saturated rings. The van der Waals surface area contributed by atoms with Crippen LogP contribution in [0.3, 0.4) is 0 Å². The average Bonchev–Trinajstić information content (AvgIpc) is 2.88. The Kier molecular flexibility index (Phi) is 10.2. The second-order valence-electron chi connectivity index (χ2n) is 10.6. The normalized spacial score (nSPS) is 15.2. The summed E-state index contributed by atoms with van der Waals surface area (Å²) in [7, 11) is -3.56. The van der Waals surface area contributed by atoms with Crippen molar-refractivity contribution in [3.8, 4) is 5.75 Å². The van der Waals surface area contributed by atoms with Crippen molar-refractivity contribution in [2.45, 2.75) is 57.0 Å². The minimum absolute atomic E-state index is 0.0207. The molecule has 0 radical (unpaired) electrons. The Labute approximate surface area is 228 Å². The lowest BCUT2D eigenvalue weighted by molar-refractivity contribution is -0.154. The number of sulfone groups is 1. The van der Waals surface area contributed by atoms with E-state index in [1.54, 1.807) is 25.7 Å². The first-order valence-electron chi connectivity index (χ1n) is 12.9. The van der Waals surface area contributed by atoms with Crippen molar-refractivity contribution >= 4 is 21.7 Å². The number of benzene rings is 2. The predicted octanol–water partition coefficient (Wildman–Crippen LogP) is 5.51. The lowest BCUT2D eigenvalue weighted by Crippen LogP contribution is -2.39. The molecule has 1 aliphatic heterocycles. The Balaban J connectivity index is 1.47. The van der Waals surface area contributed by atoms with E-state index in [-0.39, 0.29) is 47.5 Å². The van der Waals surface area contributed by atoms with Crippen LogP contribution in [0.15, 0.2) is 65.3 Å². The Morgan fingerprint density at radius 2 is 1.62 bits per heavy atom. The van der Waals surface area contributed by atoms with Crippen LogP contribution in [-0.4, -0.2) is 56.2 Å². The highest BCUT2D eigenvalue weighted by molar-refractivity contribution is 7.91. The molecular formula is C29H35F2NO6S. The number of piperidine rings is 1. The number of amides is 1. The van der Waals surface area contributed by atoms with Gasteiger partial charge in [-0.2, -0.15) is 0 Å². The van der Waals surface area contributed by atoms with E-state index in [0.29, 0.717) is 43.6 Å². The van der Waals surface area contributed by atoms with E-state index in [1.807, 2.05) is 0 Å². The smallest absolute Gasteiger partial charge is 0.306 e. The molecule has 39 heavy (non-hydrogen) atoms. The topological polar surface area (TPSA) is 90.0 Å². The SMILES string of the molecule is CC(C)(C)OC(=O)CC/C(=C\F)COc1ccc(S(=O)(=O)CC2CCN(C(=O)c3ccc(F)cc3)CC2)cc1. The van der Waals surface area contributed by atoms with Gasteiger partial charge < -0.3 is 14.4 Å². The molecule has 0 saturated carbocycles. The van der Waals surface area contributed by atoms with E-state index in [4.69, 9.17) is 9.47 Å². The monoisotopic (exact) mass is 563 g/mol. The molecular weight excluding hydrogens is 528 g/mol. The summed E-state index contributed by atoms with van der Waals surface area (Å²) in [4.78, 5) is 26.3. The highest BCUT2D eigenvalue weighted by Crippen LogP contribution is 2.25. The Morgan fingerprint density at radius 3 is 2.18 bits per heavy atom. The third-order valence-corrected chi connectivity index (χ3v) is 8.18. The second kappa shape index (κ2) is 13.2. The van der Waals surface area contributed by atoms with Crippen LogP contribution in [0.5, 0.6) is 5.75 Å². The Bertz CT molecular complexity index is 1260. The molecule has 1 heterocycles. The van der Waals surface area contributed by atoms with Gasteiger partial charge in [0.2, 0.25) is 0 Å². The van der Waals surface area contributed by atoms with Gasteiger partial charge in [-0.05, 0) is 100 Å². The van der Waals surface area contributed by atoms with Crippen LogP contribution in [0.4, 0.5) is 8.78 Å². The maximum absolute atomic E-state index is 13.3. The maximum atomic E-state index is 13.3. The van der Waals surface area contributed by atoms with E-state index in [1.165, 1.54) is 48.5 Å². The third-order valence-electron chi connectivity index (χ3n) is 6.28. The van der Waals surface area contributed by atoms with Gasteiger partial charge in [-0.15, -0.1) is 0 Å². The minimum Gasteiger partial charge on any atom is -0.489 e. The number of halogens is 2. The van der Waals surface area contributed by atoms with Gasteiger partial charge in [-0.3, -0.25) is 9.59 Å². The first-order chi connectivity index (χ1) is 18.4. The molecule has 0 aliphatic carbocycles. The van der Waals surface area contributed by atoms with Crippen LogP contribution in [-0.2, 0) is 19.4 Å². The van der Waals surface area contributed by atoms with Crippen molar-refractivity contribution in [2.75, 3.05) is 25.4 Å². The lowest BCUT2D eigenvalue weighted by atomic mass is 9.98. The van der Waals surface area contributed by atoms with Gasteiger partial charge in [-0.1, -0.05) is 0 Å². The summed E-state index contributed by atoms with van der Waals surface area (Å²) in [6, 6.07) is 11.3. The van der Waals surface area contributed by atoms with Gasteiger partial charge in [0, 0.05) is 25.1 Å². The summed E-state index contributed by atoms with van der Waals surface area (Å²) in [5, 5.41) is 0. The summed E-state index contributed by atoms with van der Waals surface area (Å²) in [5.41, 5.74) is 0.0698. The number of esters is 1. The fourth-order valence-corrected chi connectivity index (χ4v) is 5.91. The predicted molar refractivity (Wildman–Crippen MR) is 143 cm³/mol. The average molecular weight is 564 g/mol. The number of rotatable bonds is 10. The number of hydrogen-bond acceptors (Lipinski definition) is 6. The molecule has 212 valence electrons. The molecule has 1 saturated heterocycles. The van der Waals surface area contributed by atoms with Crippen molar-refractivity contribution in [3.05, 3.63) is 71.8 Å². The standard InChI is InChI=1S/C29H35F2NO6S/c1-29(2,3)38-27(33)13-4-22(18-30)19-37-25-9-11-26(12-10-25)39(35,36)20-21-14-16-32(17-15-21)28(34)23-5-7-24(31)8-6-23/h5-12,18,21H,4,13-17,19-20H2,1-3H3/b22-18+. The summed E-state index contributed by atoms with van der Waals surface area (Å²) in [6.07, 6.45) is 1.67. The summed E-state index contributed by atoms with van der Waals surface area (Å²) >= 11 is 0. The number of carbonyl (C=O) groups is 2. The first-order valence-corrected chi connectivity index (χ1v) is 14.5. The summed E-state index contributed by atoms with van der Waals surface area (Å²) < 4.78 is 63.1. The highest BCUT2D eigenvalue weighted by Gasteiger charge is 2.28. The molecule has 0 bridgehead atoms. The maximum Gasteiger partial charge on any atom is 0.306 e. The Morgan fingerprint density at radius 1 is 1.00 bits per heavy atom. The molecule has 1 amide bonds. The van der Waals surface area contributed by atoms with Crippen LogP contribution in [0, 0.1) is 11.7 Å². The van der Waals surface area contributed by atoms with E-state index < -0.39 is 27.2 Å². The quantitative estimate of drug-likeness (QED) is 0.355. The van der Waals surface area contributed by atoms with E-state index in [9.17, 15) is 26.8 Å². The molecule has 3 rings (SSSR count). The van der Waals surface area contributed by atoms with E-state index in [2.05, 4.69) is 0 Å². The van der Waals surface area contributed by atoms with Gasteiger partial charge in [0.1, 0.15) is 23.8 Å². The fourth-order valence-electron chi connectivity index (χ4n) is 4.22. The molecule has 0 unspecified atom stereocenters. The number of nitrogens with zero attached hydrogens (tertiary/aromatic N) is 1. The van der Waals surface area contributed by atoms with Crippen molar-refractivity contribution in [1.82, 2.24) is 4.90 Å². The van der Waals surface area contributed by atoms with Crippen LogP contribution in [0.2, 0.25) is 0 Å². The van der Waals surface area contributed by atoms with Crippen molar-refractivity contribution in [3.63, 3.8) is 0 Å². The van der Waals surface area contributed by atoms with Crippen LogP contribution >= 0.6 is 0 Å². The minimum atomic E-state index is -3.56. The molecule has 1 aliphatic rings. The summed E-state index contributed by atoms with van der Waals surface area (Å²) in [6.45, 7) is 6.05. The molecule has 2 aromatic rings. The fraction of sp³-hybridized carbons (Fsp3) is 0.448. The van der Waals surface area contributed by atoms with Crippen LogP contribution < -0.4 is 4.74 Å². The molecule has 0 N–H and O–H groups in total. The zero-order chi connectivity index (χ0) is 28.6. The molecule has 0 aromatic heterocycles. The van der Waals surface area contributed by atoms with Gasteiger partial charge in [0.05, 0.1) is 17.0 Å². The van der Waals surface area contributed by atoms with Gasteiger partial charge in [-0.25, -0.2) is 17.2 Å². The molecule has 7 nitrogen and oxygen atoms in total. The van der Waals surface area contributed by atoms with Gasteiger partial charge in [0.15, 0.2) is 9.84 Å². The van der Waals surface area contributed by atoms with Crippen molar-refractivity contribution in [2.24, 2.45) is 5.92 Å². The van der Waals surface area contributed by atoms with Gasteiger partial charge >= 0.3 is 5.97 Å². The zero-order valence-electron chi connectivity index (χ0n) is 22.5. The van der Waals surface area contributed by atoms with Gasteiger partial charge in [0.25, 0.3) is 5.91 Å². The molecule has 0 spiro atoms. The highest BCUT2D eigenvalue weighted by atomic mass is 32.2. The summed E-state index contributed by atoms with van der Waals surface area (Å²) in [5.74, 6) is -0.787. The Hall–Kier alpha value is -3.27. The number of carbonyl (C=O) groups excluding carboxylic acids is 2. The molecule has 10 heteroatoms. The van der Waals surface area contributed by atoms with E-state index in [0.717, 1.165) is 0 Å². The van der Waals surface area contributed by atoms with Crippen molar-refractivity contribution in [1.29, 1.82) is 0 Å². The van der Waals surface area contributed by atoms with Crippen LogP contribution in [0.1, 0.15) is 56.8 Å². The van der Waals surface area contributed by atoms with Crippen molar-refractivity contribution < 1.29 is 36.3 Å². The zero-order valence-corrected chi connectivity index (χ0v) is 23.3.